The van der Waals surface area contributed by atoms with Crippen LogP contribution in [0.1, 0.15) is 34.1 Å². The van der Waals surface area contributed by atoms with Gasteiger partial charge in [0.25, 0.3) is 0 Å². The van der Waals surface area contributed by atoms with Crippen molar-refractivity contribution in [1.29, 1.82) is 0 Å². The molecule has 2 N–H and O–H groups in total. The van der Waals surface area contributed by atoms with Crippen molar-refractivity contribution in [2.45, 2.75) is 40.2 Å². The van der Waals surface area contributed by atoms with Gasteiger partial charge in [0.15, 0.2) is 0 Å². The van der Waals surface area contributed by atoms with Gasteiger partial charge in [-0.15, -0.1) is 0 Å². The minimum absolute atomic E-state index is 0.0564. The lowest BCUT2D eigenvalue weighted by atomic mass is 9.96. The van der Waals surface area contributed by atoms with Crippen molar-refractivity contribution in [2.75, 3.05) is 26.7 Å². The topological polar surface area (TPSA) is 55.6 Å². The lowest BCUT2D eigenvalue weighted by Crippen LogP contribution is -2.39. The molecule has 0 radical (unpaired) electrons. The standard InChI is InChI=1S/C13H28N2O2/c1-10(2)8-12(9-14)13(16)15(5)6-7-17-11(3)4/h10-12H,6-9,14H2,1-5H3. The molecule has 0 aliphatic heterocycles. The zero-order valence-electron chi connectivity index (χ0n) is 11.9. The van der Waals surface area contributed by atoms with E-state index in [9.17, 15) is 4.79 Å². The van der Waals surface area contributed by atoms with Gasteiger partial charge in [-0.25, -0.2) is 0 Å². The van der Waals surface area contributed by atoms with Crippen LogP contribution in [-0.4, -0.2) is 43.7 Å². The molecule has 17 heavy (non-hydrogen) atoms. The van der Waals surface area contributed by atoms with Crippen LogP contribution in [0.4, 0.5) is 0 Å². The van der Waals surface area contributed by atoms with Crippen LogP contribution in [0.25, 0.3) is 0 Å². The first kappa shape index (κ1) is 16.4. The van der Waals surface area contributed by atoms with Gasteiger partial charge in [0.2, 0.25) is 5.91 Å². The molecule has 0 fully saturated rings. The second-order valence-electron chi connectivity index (χ2n) is 5.24. The molecule has 4 heteroatoms. The Bertz CT molecular complexity index is 217. The first-order valence-electron chi connectivity index (χ1n) is 6.45. The Morgan fingerprint density at radius 1 is 1.29 bits per heavy atom. The predicted octanol–water partition coefficient (Wildman–Crippen LogP) is 1.49. The summed E-state index contributed by atoms with van der Waals surface area (Å²) in [6, 6.07) is 0. The maximum absolute atomic E-state index is 12.1. The maximum atomic E-state index is 12.1. The van der Waals surface area contributed by atoms with Crippen LogP contribution in [0.2, 0.25) is 0 Å². The number of nitrogens with two attached hydrogens (primary N) is 1. The number of amides is 1. The van der Waals surface area contributed by atoms with E-state index in [1.807, 2.05) is 20.9 Å². The van der Waals surface area contributed by atoms with Gasteiger partial charge >= 0.3 is 0 Å². The Kier molecular flexibility index (Phi) is 8.17. The molecular formula is C13H28N2O2. The number of hydrogen-bond donors (Lipinski definition) is 1. The Hall–Kier alpha value is -0.610. The summed E-state index contributed by atoms with van der Waals surface area (Å²) in [6.45, 7) is 9.83. The third-order valence-electron chi connectivity index (χ3n) is 2.64. The van der Waals surface area contributed by atoms with E-state index in [0.717, 1.165) is 6.42 Å². The Morgan fingerprint density at radius 2 is 1.88 bits per heavy atom. The number of nitrogens with zero attached hydrogens (tertiary/aromatic N) is 1. The predicted molar refractivity (Wildman–Crippen MR) is 70.7 cm³/mol. The summed E-state index contributed by atoms with van der Waals surface area (Å²) in [5, 5.41) is 0. The van der Waals surface area contributed by atoms with Gasteiger partial charge in [-0.3, -0.25) is 4.79 Å². The Labute approximate surface area is 105 Å². The largest absolute Gasteiger partial charge is 0.377 e. The number of carbonyl (C=O) groups is 1. The molecule has 0 aromatic heterocycles. The van der Waals surface area contributed by atoms with Crippen molar-refractivity contribution in [1.82, 2.24) is 4.90 Å². The molecule has 1 amide bonds. The van der Waals surface area contributed by atoms with Crippen LogP contribution in [-0.2, 0) is 9.53 Å². The highest BCUT2D eigenvalue weighted by Crippen LogP contribution is 2.12. The lowest BCUT2D eigenvalue weighted by Gasteiger charge is -2.24. The Balaban J connectivity index is 4.07. The summed E-state index contributed by atoms with van der Waals surface area (Å²) in [4.78, 5) is 13.8. The molecule has 0 heterocycles. The molecular weight excluding hydrogens is 216 g/mol. The normalized spacial score (nSPS) is 13.2. The second kappa shape index (κ2) is 8.48. The van der Waals surface area contributed by atoms with Gasteiger partial charge in [0.1, 0.15) is 0 Å². The summed E-state index contributed by atoms with van der Waals surface area (Å²) < 4.78 is 5.43. The highest BCUT2D eigenvalue weighted by Gasteiger charge is 2.21. The molecule has 0 bridgehead atoms. The molecule has 0 aromatic rings. The van der Waals surface area contributed by atoms with E-state index < -0.39 is 0 Å². The van der Waals surface area contributed by atoms with Crippen molar-refractivity contribution < 1.29 is 9.53 Å². The van der Waals surface area contributed by atoms with Crippen LogP contribution in [0.3, 0.4) is 0 Å². The molecule has 0 rings (SSSR count). The molecule has 0 aliphatic rings. The molecule has 0 saturated heterocycles. The van der Waals surface area contributed by atoms with E-state index in [1.54, 1.807) is 4.90 Å². The summed E-state index contributed by atoms with van der Waals surface area (Å²) in [5.74, 6) is 0.570. The quantitative estimate of drug-likeness (QED) is 0.704. The van der Waals surface area contributed by atoms with Crippen LogP contribution < -0.4 is 5.73 Å². The third-order valence-corrected chi connectivity index (χ3v) is 2.64. The third kappa shape index (κ3) is 7.34. The molecule has 102 valence electrons. The van der Waals surface area contributed by atoms with E-state index in [-0.39, 0.29) is 17.9 Å². The monoisotopic (exact) mass is 244 g/mol. The van der Waals surface area contributed by atoms with Crippen LogP contribution in [0, 0.1) is 11.8 Å². The molecule has 0 spiro atoms. The van der Waals surface area contributed by atoms with Gasteiger partial charge in [0.05, 0.1) is 18.6 Å². The average Bonchev–Trinajstić information content (AvgIpc) is 2.23. The fourth-order valence-corrected chi connectivity index (χ4v) is 1.71. The Morgan fingerprint density at radius 3 is 2.29 bits per heavy atom. The van der Waals surface area contributed by atoms with Crippen LogP contribution >= 0.6 is 0 Å². The van der Waals surface area contributed by atoms with E-state index in [4.69, 9.17) is 10.5 Å². The number of likely N-dealkylation sites (N-methyl/N-ethyl adjacent to an activating group) is 1. The zero-order chi connectivity index (χ0) is 13.4. The SMILES string of the molecule is CC(C)CC(CN)C(=O)N(C)CCOC(C)C. The van der Waals surface area contributed by atoms with Gasteiger partial charge < -0.3 is 15.4 Å². The highest BCUT2D eigenvalue weighted by molar-refractivity contribution is 5.78. The molecule has 1 atom stereocenters. The summed E-state index contributed by atoms with van der Waals surface area (Å²) in [6.07, 6.45) is 1.06. The maximum Gasteiger partial charge on any atom is 0.226 e. The minimum Gasteiger partial charge on any atom is -0.377 e. The van der Waals surface area contributed by atoms with E-state index in [2.05, 4.69) is 13.8 Å². The van der Waals surface area contributed by atoms with Crippen molar-refractivity contribution in [3.05, 3.63) is 0 Å². The summed E-state index contributed by atoms with van der Waals surface area (Å²) in [5.41, 5.74) is 5.66. The number of rotatable bonds is 8. The van der Waals surface area contributed by atoms with Crippen molar-refractivity contribution in [3.8, 4) is 0 Å². The first-order valence-corrected chi connectivity index (χ1v) is 6.45. The summed E-state index contributed by atoms with van der Waals surface area (Å²) >= 11 is 0. The van der Waals surface area contributed by atoms with E-state index in [1.165, 1.54) is 0 Å². The van der Waals surface area contributed by atoms with E-state index >= 15 is 0 Å². The molecule has 0 aromatic carbocycles. The smallest absolute Gasteiger partial charge is 0.226 e. The van der Waals surface area contributed by atoms with Crippen molar-refractivity contribution >= 4 is 5.91 Å². The highest BCUT2D eigenvalue weighted by atomic mass is 16.5. The van der Waals surface area contributed by atoms with Gasteiger partial charge in [0, 0.05) is 20.1 Å². The lowest BCUT2D eigenvalue weighted by molar-refractivity contribution is -0.135. The molecule has 0 aliphatic carbocycles. The number of ether oxygens (including phenoxy) is 1. The molecule has 1 unspecified atom stereocenters. The van der Waals surface area contributed by atoms with Crippen LogP contribution in [0.15, 0.2) is 0 Å². The fraction of sp³-hybridized carbons (Fsp3) is 0.923. The van der Waals surface area contributed by atoms with Gasteiger partial charge in [-0.2, -0.15) is 0 Å². The van der Waals surface area contributed by atoms with Gasteiger partial charge in [-0.1, -0.05) is 13.8 Å². The van der Waals surface area contributed by atoms with Gasteiger partial charge in [-0.05, 0) is 26.2 Å². The molecule has 4 nitrogen and oxygen atoms in total. The van der Waals surface area contributed by atoms with Crippen molar-refractivity contribution in [3.63, 3.8) is 0 Å². The fourth-order valence-electron chi connectivity index (χ4n) is 1.71. The minimum atomic E-state index is -0.0564. The van der Waals surface area contributed by atoms with E-state index in [0.29, 0.717) is 25.6 Å². The first-order chi connectivity index (χ1) is 7.88. The number of hydrogen-bond acceptors (Lipinski definition) is 3. The zero-order valence-corrected chi connectivity index (χ0v) is 11.9. The average molecular weight is 244 g/mol. The van der Waals surface area contributed by atoms with Crippen molar-refractivity contribution in [2.24, 2.45) is 17.6 Å². The van der Waals surface area contributed by atoms with Crippen LogP contribution in [0.5, 0.6) is 0 Å². The number of carbonyl (C=O) groups excluding carboxylic acids is 1. The molecule has 0 saturated carbocycles. The second-order valence-corrected chi connectivity index (χ2v) is 5.24. The summed E-state index contributed by atoms with van der Waals surface area (Å²) in [7, 11) is 1.81.